The van der Waals surface area contributed by atoms with Crippen molar-refractivity contribution in [2.45, 2.75) is 6.54 Å². The van der Waals surface area contributed by atoms with E-state index < -0.39 is 0 Å². The number of nitrogens with one attached hydrogen (secondary N) is 2. The highest BCUT2D eigenvalue weighted by molar-refractivity contribution is 5.93. The number of carbonyl (C=O) groups excluding carboxylic acids is 1. The Morgan fingerprint density at radius 2 is 1.78 bits per heavy atom. The van der Waals surface area contributed by atoms with Gasteiger partial charge in [-0.1, -0.05) is 42.5 Å². The van der Waals surface area contributed by atoms with Gasteiger partial charge < -0.3 is 20.3 Å². The van der Waals surface area contributed by atoms with Crippen molar-refractivity contribution < 1.29 is 9.53 Å². The second kappa shape index (κ2) is 9.94. The van der Waals surface area contributed by atoms with Gasteiger partial charge in [-0.05, 0) is 17.7 Å². The van der Waals surface area contributed by atoms with Gasteiger partial charge in [-0.15, -0.1) is 0 Å². The van der Waals surface area contributed by atoms with E-state index in [0.717, 1.165) is 50.8 Å². The number of nitrogens with zero attached hydrogens (tertiary/aromatic N) is 2. The average Bonchev–Trinajstić information content (AvgIpc) is 2.70. The number of urea groups is 1. The Kier molecular flexibility index (Phi) is 7.07. The smallest absolute Gasteiger partial charge is 0.319 e. The van der Waals surface area contributed by atoms with E-state index in [9.17, 15) is 4.79 Å². The van der Waals surface area contributed by atoms with Crippen LogP contribution in [-0.2, 0) is 11.3 Å². The lowest BCUT2D eigenvalue weighted by molar-refractivity contribution is 0.0388. The molecule has 1 aliphatic rings. The van der Waals surface area contributed by atoms with Crippen LogP contribution in [-0.4, -0.2) is 57.4 Å². The zero-order valence-corrected chi connectivity index (χ0v) is 15.9. The zero-order valence-electron chi connectivity index (χ0n) is 15.9. The Morgan fingerprint density at radius 3 is 2.56 bits per heavy atom. The van der Waals surface area contributed by atoms with Crippen molar-refractivity contribution in [2.75, 3.05) is 56.7 Å². The lowest BCUT2D eigenvalue weighted by Gasteiger charge is -2.26. The van der Waals surface area contributed by atoms with Crippen molar-refractivity contribution in [1.82, 2.24) is 10.2 Å². The molecule has 1 saturated heterocycles. The summed E-state index contributed by atoms with van der Waals surface area (Å²) in [5.74, 6) is 0. The number of amides is 2. The van der Waals surface area contributed by atoms with Gasteiger partial charge in [0.2, 0.25) is 0 Å². The Bertz CT molecular complexity index is 717. The van der Waals surface area contributed by atoms with E-state index >= 15 is 0 Å². The first-order valence-electron chi connectivity index (χ1n) is 9.41. The standard InChI is InChI=1S/C21H28N4O2/c1-24(17-18-7-3-2-4-8-18)20-10-6-5-9-19(20)23-21(26)22-11-12-25-13-15-27-16-14-25/h2-10H,11-17H2,1H3,(H2,22,23,26). The SMILES string of the molecule is CN(Cc1ccccc1)c1ccccc1NC(=O)NCCN1CCOCC1. The Balaban J connectivity index is 1.52. The second-order valence-corrected chi connectivity index (χ2v) is 6.69. The maximum atomic E-state index is 12.3. The van der Waals surface area contributed by atoms with Crippen LogP contribution < -0.4 is 15.5 Å². The normalized spacial score (nSPS) is 14.6. The van der Waals surface area contributed by atoms with Crippen LogP contribution in [0.15, 0.2) is 54.6 Å². The third kappa shape index (κ3) is 5.98. The molecule has 1 heterocycles. The topological polar surface area (TPSA) is 56.8 Å². The average molecular weight is 368 g/mol. The van der Waals surface area contributed by atoms with Crippen molar-refractivity contribution >= 4 is 17.4 Å². The molecular weight excluding hydrogens is 340 g/mol. The number of benzene rings is 2. The number of para-hydroxylation sites is 2. The lowest BCUT2D eigenvalue weighted by atomic mass is 10.2. The maximum absolute atomic E-state index is 12.3. The summed E-state index contributed by atoms with van der Waals surface area (Å²) in [5, 5.41) is 5.92. The van der Waals surface area contributed by atoms with Gasteiger partial charge in [0.15, 0.2) is 0 Å². The van der Waals surface area contributed by atoms with Crippen LogP contribution >= 0.6 is 0 Å². The van der Waals surface area contributed by atoms with Crippen molar-refractivity contribution in [2.24, 2.45) is 0 Å². The quantitative estimate of drug-likeness (QED) is 0.789. The molecule has 2 aromatic rings. The molecule has 0 aliphatic carbocycles. The number of rotatable bonds is 7. The summed E-state index contributed by atoms with van der Waals surface area (Å²) in [4.78, 5) is 16.7. The molecule has 144 valence electrons. The number of hydrogen-bond acceptors (Lipinski definition) is 4. The van der Waals surface area contributed by atoms with Crippen molar-refractivity contribution in [3.8, 4) is 0 Å². The second-order valence-electron chi connectivity index (χ2n) is 6.69. The molecule has 1 aliphatic heterocycles. The van der Waals surface area contributed by atoms with E-state index in [-0.39, 0.29) is 6.03 Å². The summed E-state index contributed by atoms with van der Waals surface area (Å²) >= 11 is 0. The zero-order chi connectivity index (χ0) is 18.9. The van der Waals surface area contributed by atoms with E-state index in [4.69, 9.17) is 4.74 Å². The maximum Gasteiger partial charge on any atom is 0.319 e. The summed E-state index contributed by atoms with van der Waals surface area (Å²) < 4.78 is 5.34. The Morgan fingerprint density at radius 1 is 1.07 bits per heavy atom. The molecule has 1 fully saturated rings. The van der Waals surface area contributed by atoms with E-state index in [1.165, 1.54) is 5.56 Å². The molecule has 0 spiro atoms. The molecule has 0 bridgehead atoms. The molecule has 6 nitrogen and oxygen atoms in total. The minimum Gasteiger partial charge on any atom is -0.379 e. The van der Waals surface area contributed by atoms with E-state index in [2.05, 4.69) is 32.6 Å². The molecule has 0 unspecified atom stereocenters. The lowest BCUT2D eigenvalue weighted by Crippen LogP contribution is -2.42. The number of anilines is 2. The van der Waals surface area contributed by atoms with E-state index in [0.29, 0.717) is 6.54 Å². The molecule has 2 N–H and O–H groups in total. The van der Waals surface area contributed by atoms with Crippen LogP contribution in [0.2, 0.25) is 0 Å². The van der Waals surface area contributed by atoms with Crippen LogP contribution in [0.4, 0.5) is 16.2 Å². The first-order valence-corrected chi connectivity index (χ1v) is 9.41. The first-order chi connectivity index (χ1) is 13.2. The molecule has 0 aromatic heterocycles. The number of carbonyl (C=O) groups is 1. The Labute approximate surface area is 161 Å². The molecule has 27 heavy (non-hydrogen) atoms. The van der Waals surface area contributed by atoms with Gasteiger partial charge in [-0.2, -0.15) is 0 Å². The molecule has 2 aromatic carbocycles. The van der Waals surface area contributed by atoms with E-state index in [1.54, 1.807) is 0 Å². The van der Waals surface area contributed by atoms with Gasteiger partial charge in [0, 0.05) is 39.8 Å². The molecule has 6 heteroatoms. The summed E-state index contributed by atoms with van der Waals surface area (Å²) in [5.41, 5.74) is 3.02. The number of ether oxygens (including phenoxy) is 1. The van der Waals surface area contributed by atoms with Gasteiger partial charge in [0.25, 0.3) is 0 Å². The van der Waals surface area contributed by atoms with Gasteiger partial charge in [-0.25, -0.2) is 4.79 Å². The van der Waals surface area contributed by atoms with Gasteiger partial charge in [0.05, 0.1) is 24.6 Å². The fraction of sp³-hybridized carbons (Fsp3) is 0.381. The molecule has 2 amide bonds. The fourth-order valence-corrected chi connectivity index (χ4v) is 3.17. The molecule has 0 atom stereocenters. The predicted octanol–water partition coefficient (Wildman–Crippen LogP) is 2.78. The monoisotopic (exact) mass is 368 g/mol. The van der Waals surface area contributed by atoms with Crippen molar-refractivity contribution in [1.29, 1.82) is 0 Å². The predicted molar refractivity (Wildman–Crippen MR) is 109 cm³/mol. The molecule has 3 rings (SSSR count). The highest BCUT2D eigenvalue weighted by Gasteiger charge is 2.12. The van der Waals surface area contributed by atoms with Crippen molar-refractivity contribution in [3.63, 3.8) is 0 Å². The van der Waals surface area contributed by atoms with Crippen molar-refractivity contribution in [3.05, 3.63) is 60.2 Å². The van der Waals surface area contributed by atoms with Crippen LogP contribution in [0.25, 0.3) is 0 Å². The van der Waals surface area contributed by atoms with Crippen LogP contribution in [0.1, 0.15) is 5.56 Å². The summed E-state index contributed by atoms with van der Waals surface area (Å²) in [6, 6.07) is 18.0. The first kappa shape index (κ1) is 19.2. The third-order valence-corrected chi connectivity index (χ3v) is 4.64. The van der Waals surface area contributed by atoms with Gasteiger partial charge in [-0.3, -0.25) is 4.90 Å². The summed E-state index contributed by atoms with van der Waals surface area (Å²) in [7, 11) is 2.03. The van der Waals surface area contributed by atoms with Gasteiger partial charge in [0.1, 0.15) is 0 Å². The minimum atomic E-state index is -0.177. The molecule has 0 radical (unpaired) electrons. The molecule has 0 saturated carbocycles. The Hall–Kier alpha value is -2.57. The van der Waals surface area contributed by atoms with Gasteiger partial charge >= 0.3 is 6.03 Å². The largest absolute Gasteiger partial charge is 0.379 e. The molecular formula is C21H28N4O2. The number of morpholine rings is 1. The van der Waals surface area contributed by atoms with Crippen LogP contribution in [0, 0.1) is 0 Å². The number of hydrogen-bond donors (Lipinski definition) is 2. The highest BCUT2D eigenvalue weighted by atomic mass is 16.5. The fourth-order valence-electron chi connectivity index (χ4n) is 3.17. The third-order valence-electron chi connectivity index (χ3n) is 4.64. The summed E-state index contributed by atoms with van der Waals surface area (Å²) in [6.07, 6.45) is 0. The van der Waals surface area contributed by atoms with Crippen LogP contribution in [0.5, 0.6) is 0 Å². The minimum absolute atomic E-state index is 0.177. The van der Waals surface area contributed by atoms with Crippen LogP contribution in [0.3, 0.4) is 0 Å². The highest BCUT2D eigenvalue weighted by Crippen LogP contribution is 2.25. The van der Waals surface area contributed by atoms with E-state index in [1.807, 2.05) is 49.5 Å². The summed E-state index contributed by atoms with van der Waals surface area (Å²) in [6.45, 7) is 5.63.